The van der Waals surface area contributed by atoms with Gasteiger partial charge in [-0.05, 0) is 12.1 Å². The lowest BCUT2D eigenvalue weighted by Crippen LogP contribution is -2.00. The fourth-order valence-corrected chi connectivity index (χ4v) is 1.55. The summed E-state index contributed by atoms with van der Waals surface area (Å²) in [6, 6.07) is 3.65. The highest BCUT2D eigenvalue weighted by atomic mass is 32.2. The third kappa shape index (κ3) is 2.54. The van der Waals surface area contributed by atoms with E-state index in [1.54, 1.807) is 12.4 Å². The molecule has 6 heteroatoms. The van der Waals surface area contributed by atoms with Gasteiger partial charge in [0.15, 0.2) is 0 Å². The molecule has 0 bridgehead atoms. The van der Waals surface area contributed by atoms with Crippen LogP contribution in [-0.4, -0.2) is 27.5 Å². The molecular formula is C9H10N4OS. The van der Waals surface area contributed by atoms with E-state index in [9.17, 15) is 0 Å². The van der Waals surface area contributed by atoms with Gasteiger partial charge < -0.3 is 10.2 Å². The number of nitrogens with zero attached hydrogens (tertiary/aromatic N) is 3. The smallest absolute Gasteiger partial charge is 0.276 e. The van der Waals surface area contributed by atoms with Crippen molar-refractivity contribution in [3.05, 3.63) is 24.5 Å². The average Bonchev–Trinajstić information content (AvgIpc) is 2.76. The van der Waals surface area contributed by atoms with E-state index in [1.807, 2.05) is 12.1 Å². The van der Waals surface area contributed by atoms with Crippen LogP contribution in [-0.2, 0) is 0 Å². The quantitative estimate of drug-likeness (QED) is 0.783. The first-order valence-corrected chi connectivity index (χ1v) is 5.45. The minimum Gasteiger partial charge on any atom is -0.411 e. The van der Waals surface area contributed by atoms with E-state index in [1.165, 1.54) is 11.8 Å². The van der Waals surface area contributed by atoms with E-state index < -0.39 is 0 Å². The maximum absolute atomic E-state index is 5.43. The van der Waals surface area contributed by atoms with Crippen molar-refractivity contribution in [2.75, 3.05) is 12.3 Å². The van der Waals surface area contributed by atoms with E-state index in [4.69, 9.17) is 10.2 Å². The summed E-state index contributed by atoms with van der Waals surface area (Å²) in [6.45, 7) is 0.595. The van der Waals surface area contributed by atoms with Crippen molar-refractivity contribution in [1.29, 1.82) is 0 Å². The predicted octanol–water partition coefficient (Wildman–Crippen LogP) is 1.18. The summed E-state index contributed by atoms with van der Waals surface area (Å²) in [5.41, 5.74) is 6.25. The Balaban J connectivity index is 2.14. The molecule has 0 saturated heterocycles. The molecule has 0 aliphatic rings. The van der Waals surface area contributed by atoms with E-state index in [-0.39, 0.29) is 0 Å². The Kier molecular flexibility index (Phi) is 3.31. The lowest BCUT2D eigenvalue weighted by atomic mass is 10.3. The van der Waals surface area contributed by atoms with Crippen molar-refractivity contribution in [1.82, 2.24) is 15.2 Å². The number of thioether (sulfide) groups is 1. The zero-order valence-electron chi connectivity index (χ0n) is 7.96. The van der Waals surface area contributed by atoms with Crippen LogP contribution in [0.25, 0.3) is 11.5 Å². The van der Waals surface area contributed by atoms with Crippen molar-refractivity contribution in [2.45, 2.75) is 5.22 Å². The summed E-state index contributed by atoms with van der Waals surface area (Å²) < 4.78 is 5.43. The molecule has 5 nitrogen and oxygen atoms in total. The summed E-state index contributed by atoms with van der Waals surface area (Å²) in [5.74, 6) is 1.29. The van der Waals surface area contributed by atoms with Crippen LogP contribution in [0.15, 0.2) is 34.2 Å². The van der Waals surface area contributed by atoms with Crippen LogP contribution in [0.4, 0.5) is 0 Å². The van der Waals surface area contributed by atoms with Gasteiger partial charge in [0.1, 0.15) is 0 Å². The highest BCUT2D eigenvalue weighted by Crippen LogP contribution is 2.21. The SMILES string of the molecule is NCCSc1nnc(-c2ccncc2)o1. The Labute approximate surface area is 91.1 Å². The van der Waals surface area contributed by atoms with Crippen molar-refractivity contribution in [3.8, 4) is 11.5 Å². The molecule has 15 heavy (non-hydrogen) atoms. The first-order valence-electron chi connectivity index (χ1n) is 4.47. The van der Waals surface area contributed by atoms with Crippen LogP contribution < -0.4 is 5.73 Å². The molecule has 0 saturated carbocycles. The van der Waals surface area contributed by atoms with E-state index in [0.717, 1.165) is 11.3 Å². The van der Waals surface area contributed by atoms with Crippen LogP contribution in [0.3, 0.4) is 0 Å². The van der Waals surface area contributed by atoms with Gasteiger partial charge in [0.25, 0.3) is 5.22 Å². The van der Waals surface area contributed by atoms with E-state index >= 15 is 0 Å². The molecule has 2 N–H and O–H groups in total. The van der Waals surface area contributed by atoms with Crippen molar-refractivity contribution in [3.63, 3.8) is 0 Å². The largest absolute Gasteiger partial charge is 0.411 e. The summed E-state index contributed by atoms with van der Waals surface area (Å²) in [7, 11) is 0. The fourth-order valence-electron chi connectivity index (χ4n) is 1.03. The van der Waals surface area contributed by atoms with Gasteiger partial charge in [0, 0.05) is 30.3 Å². The number of hydrogen-bond acceptors (Lipinski definition) is 6. The van der Waals surface area contributed by atoms with Gasteiger partial charge in [-0.1, -0.05) is 11.8 Å². The van der Waals surface area contributed by atoms with Crippen LogP contribution >= 0.6 is 11.8 Å². The molecule has 2 aromatic heterocycles. The Hall–Kier alpha value is -1.40. The first kappa shape index (κ1) is 10.1. The third-order valence-electron chi connectivity index (χ3n) is 1.68. The van der Waals surface area contributed by atoms with Crippen LogP contribution in [0.2, 0.25) is 0 Å². The first-order chi connectivity index (χ1) is 7.40. The maximum atomic E-state index is 5.43. The molecule has 0 spiro atoms. The minimum absolute atomic E-state index is 0.511. The topological polar surface area (TPSA) is 77.8 Å². The second-order valence-corrected chi connectivity index (χ2v) is 3.79. The summed E-state index contributed by atoms with van der Waals surface area (Å²) in [5, 5.41) is 8.38. The highest BCUT2D eigenvalue weighted by Gasteiger charge is 2.07. The maximum Gasteiger partial charge on any atom is 0.276 e. The lowest BCUT2D eigenvalue weighted by Gasteiger charge is -1.92. The highest BCUT2D eigenvalue weighted by molar-refractivity contribution is 7.99. The minimum atomic E-state index is 0.511. The second-order valence-electron chi connectivity index (χ2n) is 2.75. The van der Waals surface area contributed by atoms with Gasteiger partial charge in [0.2, 0.25) is 5.89 Å². The zero-order valence-corrected chi connectivity index (χ0v) is 8.78. The molecule has 0 aromatic carbocycles. The van der Waals surface area contributed by atoms with Gasteiger partial charge in [-0.15, -0.1) is 10.2 Å². The number of aromatic nitrogens is 3. The number of rotatable bonds is 4. The molecule has 0 aliphatic heterocycles. The third-order valence-corrected chi connectivity index (χ3v) is 2.53. The van der Waals surface area contributed by atoms with Crippen molar-refractivity contribution >= 4 is 11.8 Å². The molecule has 0 amide bonds. The van der Waals surface area contributed by atoms with Gasteiger partial charge >= 0.3 is 0 Å². The predicted molar refractivity (Wildman–Crippen MR) is 57.3 cm³/mol. The molecule has 0 fully saturated rings. The molecule has 0 atom stereocenters. The lowest BCUT2D eigenvalue weighted by molar-refractivity contribution is 0.466. The summed E-state index contributed by atoms with van der Waals surface area (Å²) >= 11 is 1.46. The van der Waals surface area contributed by atoms with Gasteiger partial charge in [-0.25, -0.2) is 0 Å². The Morgan fingerprint density at radius 1 is 1.27 bits per heavy atom. The summed E-state index contributed by atoms with van der Waals surface area (Å²) in [6.07, 6.45) is 3.37. The molecule has 78 valence electrons. The van der Waals surface area contributed by atoms with Crippen LogP contribution in [0, 0.1) is 0 Å². The van der Waals surface area contributed by atoms with E-state index in [0.29, 0.717) is 17.7 Å². The summed E-state index contributed by atoms with van der Waals surface area (Å²) in [4.78, 5) is 3.92. The van der Waals surface area contributed by atoms with Crippen LogP contribution in [0.5, 0.6) is 0 Å². The number of nitrogens with two attached hydrogens (primary N) is 1. The molecule has 2 heterocycles. The fraction of sp³-hybridized carbons (Fsp3) is 0.222. The number of hydrogen-bond donors (Lipinski definition) is 1. The molecule has 0 aliphatic carbocycles. The average molecular weight is 222 g/mol. The zero-order chi connectivity index (χ0) is 10.5. The van der Waals surface area contributed by atoms with Gasteiger partial charge in [0.05, 0.1) is 0 Å². The molecule has 0 radical (unpaired) electrons. The van der Waals surface area contributed by atoms with Crippen LogP contribution in [0.1, 0.15) is 0 Å². The Bertz CT molecular complexity index is 417. The monoisotopic (exact) mass is 222 g/mol. The molecule has 0 unspecified atom stereocenters. The second kappa shape index (κ2) is 4.90. The van der Waals surface area contributed by atoms with E-state index in [2.05, 4.69) is 15.2 Å². The molecular weight excluding hydrogens is 212 g/mol. The number of pyridine rings is 1. The Morgan fingerprint density at radius 3 is 2.80 bits per heavy atom. The molecule has 2 aromatic rings. The van der Waals surface area contributed by atoms with Crippen molar-refractivity contribution in [2.24, 2.45) is 5.73 Å². The standard InChI is InChI=1S/C9H10N4OS/c10-3-6-15-9-13-12-8(14-9)7-1-4-11-5-2-7/h1-2,4-5H,3,6,10H2. The van der Waals surface area contributed by atoms with Gasteiger partial charge in [-0.3, -0.25) is 4.98 Å². The Morgan fingerprint density at radius 2 is 2.07 bits per heavy atom. The molecule has 2 rings (SSSR count). The van der Waals surface area contributed by atoms with Crippen molar-refractivity contribution < 1.29 is 4.42 Å². The van der Waals surface area contributed by atoms with Gasteiger partial charge in [-0.2, -0.15) is 0 Å². The normalized spacial score (nSPS) is 10.5.